The molecule has 8 heteroatoms. The van der Waals surface area contributed by atoms with E-state index in [9.17, 15) is 17.2 Å². The van der Waals surface area contributed by atoms with Crippen LogP contribution in [0.15, 0.2) is 17.0 Å². The van der Waals surface area contributed by atoms with Gasteiger partial charge >= 0.3 is 0 Å². The van der Waals surface area contributed by atoms with E-state index in [4.69, 9.17) is 5.73 Å². The molecule has 1 heterocycles. The number of hydrogen-bond acceptors (Lipinski definition) is 4. The molecule has 0 atom stereocenters. The van der Waals surface area contributed by atoms with E-state index in [-0.39, 0.29) is 6.04 Å². The van der Waals surface area contributed by atoms with Crippen LogP contribution >= 0.6 is 0 Å². The minimum Gasteiger partial charge on any atom is -0.394 e. The van der Waals surface area contributed by atoms with Crippen molar-refractivity contribution in [2.45, 2.75) is 23.8 Å². The maximum absolute atomic E-state index is 13.8. The Morgan fingerprint density at radius 2 is 1.90 bits per heavy atom. The molecule has 0 aliphatic carbocycles. The number of nitrogens with zero attached hydrogens (tertiary/aromatic N) is 1. The first-order chi connectivity index (χ1) is 9.31. The zero-order valence-electron chi connectivity index (χ0n) is 11.1. The van der Waals surface area contributed by atoms with E-state index < -0.39 is 32.2 Å². The monoisotopic (exact) mass is 305 g/mol. The Kier molecular flexibility index (Phi) is 4.26. The molecule has 20 heavy (non-hydrogen) atoms. The maximum atomic E-state index is 13.8. The molecule has 5 nitrogen and oxygen atoms in total. The molecular formula is C12H17F2N3O2S. The predicted molar refractivity (Wildman–Crippen MR) is 71.6 cm³/mol. The molecule has 0 radical (unpaired) electrons. The fourth-order valence-electron chi connectivity index (χ4n) is 2.17. The highest BCUT2D eigenvalue weighted by molar-refractivity contribution is 7.89. The average Bonchev–Trinajstić information content (AvgIpc) is 2.38. The maximum Gasteiger partial charge on any atom is 0.243 e. The third-order valence-electron chi connectivity index (χ3n) is 3.42. The van der Waals surface area contributed by atoms with Crippen molar-refractivity contribution in [2.24, 2.45) is 0 Å². The zero-order valence-corrected chi connectivity index (χ0v) is 11.9. The Morgan fingerprint density at radius 1 is 1.30 bits per heavy atom. The number of likely N-dealkylation sites (tertiary alicyclic amines) is 1. The Labute approximate surface area is 116 Å². The van der Waals surface area contributed by atoms with E-state index in [1.54, 1.807) is 0 Å². The number of sulfonamides is 1. The molecule has 0 unspecified atom stereocenters. The summed E-state index contributed by atoms with van der Waals surface area (Å²) < 4.78 is 53.5. The highest BCUT2D eigenvalue weighted by atomic mass is 32.2. The number of benzene rings is 1. The molecule has 1 saturated heterocycles. The molecule has 2 rings (SSSR count). The average molecular weight is 305 g/mol. The van der Waals surface area contributed by atoms with Gasteiger partial charge in [0.15, 0.2) is 5.82 Å². The smallest absolute Gasteiger partial charge is 0.243 e. The number of nitrogen functional groups attached to an aromatic ring is 1. The molecule has 1 fully saturated rings. The van der Waals surface area contributed by atoms with Crippen LogP contribution < -0.4 is 10.5 Å². The van der Waals surface area contributed by atoms with Crippen LogP contribution in [0, 0.1) is 11.6 Å². The number of nitrogens with two attached hydrogens (primary N) is 1. The van der Waals surface area contributed by atoms with Crippen molar-refractivity contribution in [3.8, 4) is 0 Å². The van der Waals surface area contributed by atoms with Gasteiger partial charge < -0.3 is 10.6 Å². The fraction of sp³-hybridized carbons (Fsp3) is 0.500. The normalized spacial score (nSPS) is 18.4. The van der Waals surface area contributed by atoms with Crippen LogP contribution in [0.25, 0.3) is 0 Å². The number of anilines is 1. The summed E-state index contributed by atoms with van der Waals surface area (Å²) in [6.45, 7) is 1.53. The van der Waals surface area contributed by atoms with Gasteiger partial charge in [-0.1, -0.05) is 0 Å². The highest BCUT2D eigenvalue weighted by Gasteiger charge is 2.27. The first kappa shape index (κ1) is 15.1. The van der Waals surface area contributed by atoms with Crippen molar-refractivity contribution in [1.82, 2.24) is 9.62 Å². The molecule has 112 valence electrons. The molecule has 0 amide bonds. The lowest BCUT2D eigenvalue weighted by molar-refractivity contribution is 0.248. The molecule has 1 aliphatic heterocycles. The van der Waals surface area contributed by atoms with Gasteiger partial charge in [-0.25, -0.2) is 21.9 Å². The van der Waals surface area contributed by atoms with Crippen molar-refractivity contribution in [3.63, 3.8) is 0 Å². The molecule has 1 aromatic carbocycles. The van der Waals surface area contributed by atoms with Crippen molar-refractivity contribution in [2.75, 3.05) is 25.9 Å². The minimum atomic E-state index is -4.04. The molecule has 3 N–H and O–H groups in total. The summed E-state index contributed by atoms with van der Waals surface area (Å²) in [5.41, 5.74) is 4.40. The van der Waals surface area contributed by atoms with E-state index >= 15 is 0 Å². The zero-order chi connectivity index (χ0) is 14.9. The quantitative estimate of drug-likeness (QED) is 0.814. The van der Waals surface area contributed by atoms with Gasteiger partial charge in [-0.3, -0.25) is 0 Å². The second-order valence-electron chi connectivity index (χ2n) is 4.97. The largest absolute Gasteiger partial charge is 0.394 e. The van der Waals surface area contributed by atoms with Gasteiger partial charge in [-0.05, 0) is 45.1 Å². The van der Waals surface area contributed by atoms with Crippen LogP contribution in [-0.4, -0.2) is 39.5 Å². The van der Waals surface area contributed by atoms with Crippen LogP contribution in [0.4, 0.5) is 14.5 Å². The van der Waals surface area contributed by atoms with Crippen LogP contribution in [0.5, 0.6) is 0 Å². The Morgan fingerprint density at radius 3 is 2.50 bits per heavy atom. The Bertz CT molecular complexity index is 599. The van der Waals surface area contributed by atoms with Gasteiger partial charge in [0.25, 0.3) is 0 Å². The van der Waals surface area contributed by atoms with E-state index in [2.05, 4.69) is 9.62 Å². The van der Waals surface area contributed by atoms with Gasteiger partial charge in [-0.2, -0.15) is 0 Å². The third-order valence-corrected chi connectivity index (χ3v) is 4.96. The lowest BCUT2D eigenvalue weighted by atomic mass is 10.1. The lowest BCUT2D eigenvalue weighted by Gasteiger charge is -2.29. The second kappa shape index (κ2) is 5.63. The van der Waals surface area contributed by atoms with E-state index in [0.717, 1.165) is 25.2 Å². The number of hydrogen-bond donors (Lipinski definition) is 2. The summed E-state index contributed by atoms with van der Waals surface area (Å²) in [7, 11) is -2.09. The molecule has 1 aliphatic rings. The summed E-state index contributed by atoms with van der Waals surface area (Å²) in [6.07, 6.45) is 1.29. The predicted octanol–water partition coefficient (Wildman–Crippen LogP) is 0.920. The summed E-state index contributed by atoms with van der Waals surface area (Å²) in [5, 5.41) is 0. The van der Waals surface area contributed by atoms with Crippen molar-refractivity contribution in [1.29, 1.82) is 0 Å². The summed E-state index contributed by atoms with van der Waals surface area (Å²) in [6, 6.07) is 1.49. The van der Waals surface area contributed by atoms with Crippen molar-refractivity contribution < 1.29 is 17.2 Å². The van der Waals surface area contributed by atoms with Crippen LogP contribution in [0.1, 0.15) is 12.8 Å². The molecular weight excluding hydrogens is 288 g/mol. The topological polar surface area (TPSA) is 75.4 Å². The molecule has 0 saturated carbocycles. The second-order valence-corrected chi connectivity index (χ2v) is 6.65. The summed E-state index contributed by atoms with van der Waals surface area (Å²) in [5.74, 6) is -2.22. The van der Waals surface area contributed by atoms with E-state index in [0.29, 0.717) is 12.8 Å². The van der Waals surface area contributed by atoms with Crippen LogP contribution in [-0.2, 0) is 10.0 Å². The first-order valence-corrected chi connectivity index (χ1v) is 7.74. The van der Waals surface area contributed by atoms with Gasteiger partial charge in [0.05, 0.1) is 0 Å². The molecule has 1 aromatic rings. The van der Waals surface area contributed by atoms with Crippen LogP contribution in [0.2, 0.25) is 0 Å². The van der Waals surface area contributed by atoms with Crippen LogP contribution in [0.3, 0.4) is 0 Å². The highest BCUT2D eigenvalue weighted by Crippen LogP contribution is 2.23. The SMILES string of the molecule is CN1CCC(NS(=O)(=O)c2ccc(F)c(N)c2F)CC1. The van der Waals surface area contributed by atoms with Gasteiger partial charge in [-0.15, -0.1) is 0 Å². The van der Waals surface area contributed by atoms with Crippen molar-refractivity contribution >= 4 is 15.7 Å². The molecule has 0 spiro atoms. The standard InChI is InChI=1S/C12H17F2N3O2S/c1-17-6-4-8(5-7-17)16-20(18,19)10-3-2-9(13)12(15)11(10)14/h2-3,8,16H,4-7,15H2,1H3. The number of nitrogens with one attached hydrogen (secondary N) is 1. The Balaban J connectivity index is 2.21. The Hall–Kier alpha value is -1.25. The summed E-state index contributed by atoms with van der Waals surface area (Å²) in [4.78, 5) is 1.47. The number of piperidine rings is 1. The van der Waals surface area contributed by atoms with Gasteiger partial charge in [0.1, 0.15) is 16.4 Å². The number of rotatable bonds is 3. The third kappa shape index (κ3) is 3.08. The summed E-state index contributed by atoms with van der Waals surface area (Å²) >= 11 is 0. The number of halogens is 2. The fourth-order valence-corrected chi connectivity index (χ4v) is 3.56. The van der Waals surface area contributed by atoms with Gasteiger partial charge in [0.2, 0.25) is 10.0 Å². The minimum absolute atomic E-state index is 0.248. The van der Waals surface area contributed by atoms with E-state index in [1.165, 1.54) is 0 Å². The molecule has 0 aromatic heterocycles. The molecule has 0 bridgehead atoms. The lowest BCUT2D eigenvalue weighted by Crippen LogP contribution is -2.43. The van der Waals surface area contributed by atoms with Crippen molar-refractivity contribution in [3.05, 3.63) is 23.8 Å². The van der Waals surface area contributed by atoms with E-state index in [1.807, 2.05) is 7.05 Å². The first-order valence-electron chi connectivity index (χ1n) is 6.25. The van der Waals surface area contributed by atoms with Gasteiger partial charge in [0, 0.05) is 6.04 Å².